The van der Waals surface area contributed by atoms with E-state index in [0.717, 1.165) is 11.1 Å². The van der Waals surface area contributed by atoms with E-state index in [1.165, 1.54) is 12.1 Å². The number of rotatable bonds is 6. The molecule has 4 N–H and O–H groups in total. The molecule has 0 bridgehead atoms. The van der Waals surface area contributed by atoms with Crippen LogP contribution in [0.2, 0.25) is 5.02 Å². The maximum atomic E-state index is 13.6. The van der Waals surface area contributed by atoms with Crippen LogP contribution in [0.15, 0.2) is 84.1 Å². The molecule has 1 atom stereocenters. The van der Waals surface area contributed by atoms with E-state index in [4.69, 9.17) is 23.1 Å². The van der Waals surface area contributed by atoms with Crippen molar-refractivity contribution >= 4 is 39.7 Å². The molecule has 166 valence electrons. The third kappa shape index (κ3) is 5.18. The lowest BCUT2D eigenvalue weighted by Crippen LogP contribution is -2.16. The summed E-state index contributed by atoms with van der Waals surface area (Å²) < 4.78 is 13.6. The van der Waals surface area contributed by atoms with E-state index in [0.29, 0.717) is 45.3 Å². The zero-order valence-corrected chi connectivity index (χ0v) is 18.8. The van der Waals surface area contributed by atoms with Crippen molar-refractivity contribution in [1.29, 1.82) is 0 Å². The van der Waals surface area contributed by atoms with Crippen LogP contribution >= 0.6 is 11.6 Å². The minimum absolute atomic E-state index is 0.0619. The van der Waals surface area contributed by atoms with E-state index < -0.39 is 0 Å². The molecule has 5 nitrogen and oxygen atoms in total. The molecule has 33 heavy (non-hydrogen) atoms. The predicted octanol–water partition coefficient (Wildman–Crippen LogP) is 5.76. The van der Waals surface area contributed by atoms with Gasteiger partial charge in [0.15, 0.2) is 0 Å². The number of fused-ring (bicyclic) bond motifs is 1. The molecule has 0 fully saturated rings. The maximum absolute atomic E-state index is 13.6. The van der Waals surface area contributed by atoms with Gasteiger partial charge in [0.1, 0.15) is 11.7 Å². The van der Waals surface area contributed by atoms with Crippen molar-refractivity contribution < 1.29 is 4.39 Å². The molecule has 0 saturated heterocycles. The molecule has 2 aromatic heterocycles. The van der Waals surface area contributed by atoms with Gasteiger partial charge in [-0.1, -0.05) is 30.7 Å². The Labute approximate surface area is 196 Å². The van der Waals surface area contributed by atoms with Gasteiger partial charge in [0.25, 0.3) is 0 Å². The van der Waals surface area contributed by atoms with Crippen LogP contribution in [0, 0.1) is 5.82 Å². The molecule has 0 spiro atoms. The molecular weight excluding hydrogens is 437 g/mol. The van der Waals surface area contributed by atoms with E-state index in [1.807, 2.05) is 43.3 Å². The summed E-state index contributed by atoms with van der Waals surface area (Å²) in [5, 5.41) is 1.33. The summed E-state index contributed by atoms with van der Waals surface area (Å²) in [6.07, 6.45) is 3.92. The smallest absolute Gasteiger partial charge is 0.123 e. The van der Waals surface area contributed by atoms with Gasteiger partial charge in [0, 0.05) is 46.9 Å². The summed E-state index contributed by atoms with van der Waals surface area (Å²) in [4.78, 5) is 13.4. The number of pyridine rings is 2. The maximum Gasteiger partial charge on any atom is 0.123 e. The topological polar surface area (TPSA) is 90.2 Å². The highest BCUT2D eigenvalue weighted by molar-refractivity contribution is 6.35. The van der Waals surface area contributed by atoms with Crippen LogP contribution in [-0.4, -0.2) is 15.8 Å². The minimum Gasteiger partial charge on any atom is -0.396 e. The summed E-state index contributed by atoms with van der Waals surface area (Å²) in [5.41, 5.74) is 16.7. The quantitative estimate of drug-likeness (QED) is 0.218. The molecule has 2 aromatic carbocycles. The van der Waals surface area contributed by atoms with Crippen molar-refractivity contribution in [2.24, 2.45) is 16.5 Å². The van der Waals surface area contributed by atoms with Gasteiger partial charge in [-0.05, 0) is 54.6 Å². The predicted molar refractivity (Wildman–Crippen MR) is 133 cm³/mol. The van der Waals surface area contributed by atoms with Gasteiger partial charge in [-0.2, -0.15) is 0 Å². The van der Waals surface area contributed by atoms with Crippen LogP contribution < -0.4 is 11.5 Å². The lowest BCUT2D eigenvalue weighted by atomic mass is 10.0. The van der Waals surface area contributed by atoms with Crippen molar-refractivity contribution in [2.75, 3.05) is 0 Å². The number of hydrogen-bond acceptors (Lipinski definition) is 4. The molecule has 0 amide bonds. The van der Waals surface area contributed by atoms with Crippen molar-refractivity contribution in [1.82, 2.24) is 9.97 Å². The minimum atomic E-state index is -0.350. The Morgan fingerprint density at radius 1 is 0.970 bits per heavy atom. The van der Waals surface area contributed by atoms with Crippen LogP contribution in [0.25, 0.3) is 22.3 Å². The van der Waals surface area contributed by atoms with Gasteiger partial charge in [-0.3, -0.25) is 9.97 Å². The van der Waals surface area contributed by atoms with Gasteiger partial charge in [0.2, 0.25) is 0 Å². The zero-order chi connectivity index (χ0) is 23.4. The highest BCUT2D eigenvalue weighted by Gasteiger charge is 2.14. The Morgan fingerprint density at radius 2 is 1.73 bits per heavy atom. The first kappa shape index (κ1) is 22.4. The van der Waals surface area contributed by atoms with Gasteiger partial charge in [0.05, 0.1) is 21.9 Å². The summed E-state index contributed by atoms with van der Waals surface area (Å²) >= 11 is 6.46. The standard InChI is InChI=1S/C26H23ClFN5/c1-16(22-6-2-3-11-31-22)13-23(29)33-26(17-7-9-20(28)10-8-17)24(30)19-14-18-5-4-12-32-25(18)21(27)15-19/h2-12,14-16H,13,30H2,1H3,(H2,29,33)/b26-24-. The van der Waals surface area contributed by atoms with E-state index >= 15 is 0 Å². The molecule has 7 heteroatoms. The van der Waals surface area contributed by atoms with Crippen LogP contribution in [0.4, 0.5) is 4.39 Å². The average Bonchev–Trinajstić information content (AvgIpc) is 2.83. The lowest BCUT2D eigenvalue weighted by Gasteiger charge is -2.14. The van der Waals surface area contributed by atoms with Crippen LogP contribution in [0.5, 0.6) is 0 Å². The molecule has 0 aliphatic rings. The molecule has 0 radical (unpaired) electrons. The normalized spacial score (nSPS) is 13.6. The van der Waals surface area contributed by atoms with Crippen molar-refractivity contribution in [3.63, 3.8) is 0 Å². The third-order valence-electron chi connectivity index (χ3n) is 5.31. The van der Waals surface area contributed by atoms with Crippen molar-refractivity contribution in [3.8, 4) is 0 Å². The van der Waals surface area contributed by atoms with Gasteiger partial charge in [-0.15, -0.1) is 0 Å². The van der Waals surface area contributed by atoms with E-state index in [1.54, 1.807) is 30.6 Å². The summed E-state index contributed by atoms with van der Waals surface area (Å²) in [6.45, 7) is 2.03. The molecular formula is C26H23ClFN5. The Kier molecular flexibility index (Phi) is 6.66. The second-order valence-electron chi connectivity index (χ2n) is 7.77. The average molecular weight is 460 g/mol. The number of nitrogens with zero attached hydrogens (tertiary/aromatic N) is 3. The zero-order valence-electron chi connectivity index (χ0n) is 18.0. The lowest BCUT2D eigenvalue weighted by molar-refractivity contribution is 0.627. The Hall–Kier alpha value is -3.77. The Balaban J connectivity index is 1.78. The van der Waals surface area contributed by atoms with Crippen molar-refractivity contribution in [2.45, 2.75) is 19.3 Å². The number of benzene rings is 2. The number of nitrogens with two attached hydrogens (primary N) is 2. The fourth-order valence-electron chi connectivity index (χ4n) is 3.60. The Bertz CT molecular complexity index is 1330. The highest BCUT2D eigenvalue weighted by Crippen LogP contribution is 2.30. The fraction of sp³-hybridized carbons (Fsp3) is 0.115. The largest absolute Gasteiger partial charge is 0.396 e. The molecule has 0 aliphatic carbocycles. The summed E-state index contributed by atoms with van der Waals surface area (Å²) in [5.74, 6) is 0.105. The molecule has 4 rings (SSSR count). The van der Waals surface area contributed by atoms with Crippen LogP contribution in [0.1, 0.15) is 36.1 Å². The third-order valence-corrected chi connectivity index (χ3v) is 5.59. The van der Waals surface area contributed by atoms with E-state index in [-0.39, 0.29) is 11.7 Å². The number of aromatic nitrogens is 2. The number of halogens is 2. The van der Waals surface area contributed by atoms with Gasteiger partial charge < -0.3 is 11.5 Å². The molecule has 2 heterocycles. The molecule has 0 saturated carbocycles. The van der Waals surface area contributed by atoms with Crippen LogP contribution in [-0.2, 0) is 0 Å². The molecule has 4 aromatic rings. The van der Waals surface area contributed by atoms with Gasteiger partial charge in [-0.25, -0.2) is 9.38 Å². The second-order valence-corrected chi connectivity index (χ2v) is 8.17. The number of aliphatic imine (C=N–C) groups is 1. The van der Waals surface area contributed by atoms with E-state index in [2.05, 4.69) is 15.0 Å². The number of amidine groups is 1. The fourth-order valence-corrected chi connectivity index (χ4v) is 3.88. The SMILES string of the molecule is CC(CC(N)=N/C(=C(\N)c1cc(Cl)c2ncccc2c1)c1ccc(F)cc1)c1ccccn1. The highest BCUT2D eigenvalue weighted by atomic mass is 35.5. The van der Waals surface area contributed by atoms with E-state index in [9.17, 15) is 4.39 Å². The van der Waals surface area contributed by atoms with Crippen LogP contribution in [0.3, 0.4) is 0 Å². The first-order chi connectivity index (χ1) is 15.9. The van der Waals surface area contributed by atoms with Crippen molar-refractivity contribution in [3.05, 3.63) is 107 Å². The summed E-state index contributed by atoms with van der Waals surface area (Å²) in [7, 11) is 0. The summed E-state index contributed by atoms with van der Waals surface area (Å²) in [6, 6.07) is 19.1. The molecule has 1 unspecified atom stereocenters. The monoisotopic (exact) mass is 459 g/mol. The second kappa shape index (κ2) is 9.79. The first-order valence-electron chi connectivity index (χ1n) is 10.5. The molecule has 0 aliphatic heterocycles. The number of hydrogen-bond donors (Lipinski definition) is 2. The van der Waals surface area contributed by atoms with Gasteiger partial charge >= 0.3 is 0 Å². The Morgan fingerprint density at radius 3 is 2.45 bits per heavy atom. The first-order valence-corrected chi connectivity index (χ1v) is 10.8.